The molecular formula is C18H22N2O4. The van der Waals surface area contributed by atoms with Crippen molar-refractivity contribution >= 4 is 5.91 Å². The van der Waals surface area contributed by atoms with E-state index in [1.54, 1.807) is 38.7 Å². The number of furan rings is 1. The van der Waals surface area contributed by atoms with Crippen LogP contribution in [-0.4, -0.2) is 56.1 Å². The van der Waals surface area contributed by atoms with Gasteiger partial charge < -0.3 is 18.8 Å². The average Bonchev–Trinajstić information content (AvgIpc) is 3.14. The summed E-state index contributed by atoms with van der Waals surface area (Å²) < 4.78 is 15.9. The second-order valence-corrected chi connectivity index (χ2v) is 5.71. The molecule has 3 rings (SSSR count). The highest BCUT2D eigenvalue weighted by Crippen LogP contribution is 2.26. The predicted octanol–water partition coefficient (Wildman–Crippen LogP) is 2.25. The predicted molar refractivity (Wildman–Crippen MR) is 89.4 cm³/mol. The molecule has 6 heteroatoms. The fourth-order valence-electron chi connectivity index (χ4n) is 2.88. The number of hydrogen-bond donors (Lipinski definition) is 0. The van der Waals surface area contributed by atoms with Crippen LogP contribution in [0.3, 0.4) is 0 Å². The minimum absolute atomic E-state index is 0.00727. The minimum Gasteiger partial charge on any atom is -0.497 e. The summed E-state index contributed by atoms with van der Waals surface area (Å²) in [6.07, 6.45) is 1.69. The smallest absolute Gasteiger partial charge is 0.257 e. The lowest BCUT2D eigenvalue weighted by atomic mass is 10.1. The van der Waals surface area contributed by atoms with Crippen LogP contribution in [0, 0.1) is 0 Å². The van der Waals surface area contributed by atoms with Gasteiger partial charge in [-0.3, -0.25) is 9.69 Å². The molecule has 0 N–H and O–H groups in total. The van der Waals surface area contributed by atoms with E-state index in [1.807, 2.05) is 17.0 Å². The summed E-state index contributed by atoms with van der Waals surface area (Å²) in [6, 6.07) is 9.14. The molecule has 128 valence electrons. The number of benzene rings is 1. The van der Waals surface area contributed by atoms with Crippen LogP contribution in [0.2, 0.25) is 0 Å². The van der Waals surface area contributed by atoms with Gasteiger partial charge in [-0.15, -0.1) is 0 Å². The van der Waals surface area contributed by atoms with Crippen molar-refractivity contribution in [1.82, 2.24) is 9.80 Å². The molecule has 1 saturated heterocycles. The van der Waals surface area contributed by atoms with E-state index in [4.69, 9.17) is 13.9 Å². The minimum atomic E-state index is -0.00727. The van der Waals surface area contributed by atoms with Crippen LogP contribution in [0.5, 0.6) is 11.5 Å². The zero-order valence-electron chi connectivity index (χ0n) is 14.0. The second-order valence-electron chi connectivity index (χ2n) is 5.71. The van der Waals surface area contributed by atoms with Crippen LogP contribution >= 0.6 is 0 Å². The molecule has 0 saturated carbocycles. The molecule has 0 bridgehead atoms. The van der Waals surface area contributed by atoms with E-state index in [9.17, 15) is 4.79 Å². The summed E-state index contributed by atoms with van der Waals surface area (Å²) in [6.45, 7) is 3.81. The molecular weight excluding hydrogens is 308 g/mol. The molecule has 0 radical (unpaired) electrons. The highest BCUT2D eigenvalue weighted by atomic mass is 16.5. The van der Waals surface area contributed by atoms with Crippen molar-refractivity contribution in [3.8, 4) is 11.5 Å². The van der Waals surface area contributed by atoms with Crippen molar-refractivity contribution in [3.05, 3.63) is 47.9 Å². The number of piperazine rings is 1. The molecule has 1 aliphatic rings. The van der Waals surface area contributed by atoms with E-state index in [2.05, 4.69) is 4.90 Å². The van der Waals surface area contributed by atoms with Gasteiger partial charge in [-0.05, 0) is 24.3 Å². The van der Waals surface area contributed by atoms with Gasteiger partial charge in [0.1, 0.15) is 17.3 Å². The first kappa shape index (κ1) is 16.4. The van der Waals surface area contributed by atoms with Gasteiger partial charge in [0.2, 0.25) is 0 Å². The fourth-order valence-corrected chi connectivity index (χ4v) is 2.88. The second kappa shape index (κ2) is 7.40. The average molecular weight is 330 g/mol. The zero-order valence-corrected chi connectivity index (χ0v) is 14.0. The van der Waals surface area contributed by atoms with E-state index in [-0.39, 0.29) is 5.91 Å². The molecule has 0 atom stereocenters. The Morgan fingerprint density at radius 3 is 2.54 bits per heavy atom. The number of carbonyl (C=O) groups is 1. The third-order valence-electron chi connectivity index (χ3n) is 4.26. The maximum absolute atomic E-state index is 12.8. The number of hydrogen-bond acceptors (Lipinski definition) is 5. The van der Waals surface area contributed by atoms with Crippen LogP contribution in [0.1, 0.15) is 16.1 Å². The Morgan fingerprint density at radius 1 is 1.12 bits per heavy atom. The molecule has 0 aliphatic carbocycles. The third-order valence-corrected chi connectivity index (χ3v) is 4.26. The lowest BCUT2D eigenvalue weighted by Gasteiger charge is -2.34. The van der Waals surface area contributed by atoms with Crippen LogP contribution in [0.4, 0.5) is 0 Å². The lowest BCUT2D eigenvalue weighted by molar-refractivity contribution is 0.0617. The quantitative estimate of drug-likeness (QED) is 0.842. The Labute approximate surface area is 141 Å². The van der Waals surface area contributed by atoms with Crippen LogP contribution in [0.25, 0.3) is 0 Å². The first-order chi connectivity index (χ1) is 11.7. The SMILES string of the molecule is COc1ccc(C(=O)N2CCN(Cc3ccco3)CC2)c(OC)c1. The van der Waals surface area contributed by atoms with E-state index < -0.39 is 0 Å². The standard InChI is InChI=1S/C18H22N2O4/c1-22-14-5-6-16(17(12-14)23-2)18(21)20-9-7-19(8-10-20)13-15-4-3-11-24-15/h3-6,11-12H,7-10,13H2,1-2H3. The fraction of sp³-hybridized carbons (Fsp3) is 0.389. The van der Waals surface area contributed by atoms with Gasteiger partial charge in [0, 0.05) is 32.2 Å². The zero-order chi connectivity index (χ0) is 16.9. The normalized spacial score (nSPS) is 15.3. The van der Waals surface area contributed by atoms with E-state index in [0.29, 0.717) is 30.2 Å². The lowest BCUT2D eigenvalue weighted by Crippen LogP contribution is -2.48. The topological polar surface area (TPSA) is 55.2 Å². The summed E-state index contributed by atoms with van der Waals surface area (Å²) in [7, 11) is 3.15. The van der Waals surface area contributed by atoms with Gasteiger partial charge in [-0.2, -0.15) is 0 Å². The van der Waals surface area contributed by atoms with Crippen LogP contribution < -0.4 is 9.47 Å². The number of rotatable bonds is 5. The molecule has 24 heavy (non-hydrogen) atoms. The Morgan fingerprint density at radius 2 is 1.92 bits per heavy atom. The van der Waals surface area contributed by atoms with Crippen LogP contribution in [0.15, 0.2) is 41.0 Å². The van der Waals surface area contributed by atoms with Crippen molar-refractivity contribution in [2.45, 2.75) is 6.54 Å². The van der Waals surface area contributed by atoms with Gasteiger partial charge in [0.05, 0.1) is 32.6 Å². The molecule has 2 aromatic rings. The van der Waals surface area contributed by atoms with Crippen LogP contribution in [-0.2, 0) is 6.54 Å². The van der Waals surface area contributed by atoms with Gasteiger partial charge in [-0.1, -0.05) is 0 Å². The number of nitrogens with zero attached hydrogens (tertiary/aromatic N) is 2. The summed E-state index contributed by atoms with van der Waals surface area (Å²) >= 11 is 0. The Bertz CT molecular complexity index is 676. The largest absolute Gasteiger partial charge is 0.497 e. The van der Waals surface area contributed by atoms with Crippen molar-refractivity contribution in [2.75, 3.05) is 40.4 Å². The number of amides is 1. The van der Waals surface area contributed by atoms with Gasteiger partial charge >= 0.3 is 0 Å². The van der Waals surface area contributed by atoms with Gasteiger partial charge in [-0.25, -0.2) is 0 Å². The molecule has 0 unspecified atom stereocenters. The van der Waals surface area contributed by atoms with Crippen molar-refractivity contribution in [1.29, 1.82) is 0 Å². The summed E-state index contributed by atoms with van der Waals surface area (Å²) in [5.74, 6) is 2.16. The van der Waals surface area contributed by atoms with Crippen molar-refractivity contribution in [3.63, 3.8) is 0 Å². The molecule has 2 heterocycles. The molecule has 1 aromatic heterocycles. The molecule has 1 fully saturated rings. The molecule has 0 spiro atoms. The van der Waals surface area contributed by atoms with Gasteiger partial charge in [0.25, 0.3) is 5.91 Å². The summed E-state index contributed by atoms with van der Waals surface area (Å²) in [5.41, 5.74) is 0.567. The summed E-state index contributed by atoms with van der Waals surface area (Å²) in [5, 5.41) is 0. The number of carbonyl (C=O) groups excluding carboxylic acids is 1. The Kier molecular flexibility index (Phi) is 5.05. The van der Waals surface area contributed by atoms with Crippen molar-refractivity contribution < 1.29 is 18.7 Å². The molecule has 1 aromatic carbocycles. The third kappa shape index (κ3) is 3.54. The molecule has 6 nitrogen and oxygen atoms in total. The number of ether oxygens (including phenoxy) is 2. The maximum Gasteiger partial charge on any atom is 0.257 e. The Hall–Kier alpha value is -2.47. The maximum atomic E-state index is 12.8. The first-order valence-electron chi connectivity index (χ1n) is 7.97. The monoisotopic (exact) mass is 330 g/mol. The van der Waals surface area contributed by atoms with E-state index >= 15 is 0 Å². The summed E-state index contributed by atoms with van der Waals surface area (Å²) in [4.78, 5) is 16.9. The Balaban J connectivity index is 1.62. The highest BCUT2D eigenvalue weighted by Gasteiger charge is 2.24. The highest BCUT2D eigenvalue weighted by molar-refractivity contribution is 5.97. The first-order valence-corrected chi connectivity index (χ1v) is 7.97. The molecule has 1 amide bonds. The molecule has 1 aliphatic heterocycles. The van der Waals surface area contributed by atoms with E-state index in [1.165, 1.54) is 0 Å². The van der Waals surface area contributed by atoms with Gasteiger partial charge in [0.15, 0.2) is 0 Å². The van der Waals surface area contributed by atoms with E-state index in [0.717, 1.165) is 25.4 Å². The van der Waals surface area contributed by atoms with Crippen molar-refractivity contribution in [2.24, 2.45) is 0 Å². The number of methoxy groups -OCH3 is 2.